The van der Waals surface area contributed by atoms with Gasteiger partial charge in [0.25, 0.3) is 0 Å². The first-order chi connectivity index (χ1) is 5.14. The number of rotatable bonds is 4. The SMILES string of the molecule is CC(CO)(CO)C1(CO)SS1. The van der Waals surface area contributed by atoms with Gasteiger partial charge >= 0.3 is 0 Å². The molecule has 1 aliphatic heterocycles. The summed E-state index contributed by atoms with van der Waals surface area (Å²) in [5, 5.41) is 27.0. The van der Waals surface area contributed by atoms with E-state index in [4.69, 9.17) is 15.3 Å². The Bertz CT molecular complexity index is 143. The van der Waals surface area contributed by atoms with E-state index in [0.717, 1.165) is 0 Å². The quantitative estimate of drug-likeness (QED) is 0.438. The second-order valence-electron chi connectivity index (χ2n) is 2.95. The molecular formula is C6H12O3S2. The number of hydrogen-bond acceptors (Lipinski definition) is 5. The van der Waals surface area contributed by atoms with Crippen LogP contribution < -0.4 is 0 Å². The highest BCUT2D eigenvalue weighted by molar-refractivity contribution is 8.93. The maximum Gasteiger partial charge on any atom is 0.114 e. The molecule has 1 heterocycles. The van der Waals surface area contributed by atoms with Crippen LogP contribution in [0.2, 0.25) is 0 Å². The lowest BCUT2D eigenvalue weighted by Crippen LogP contribution is -2.41. The molecule has 0 atom stereocenters. The lowest BCUT2D eigenvalue weighted by Gasteiger charge is -2.30. The second kappa shape index (κ2) is 3.14. The van der Waals surface area contributed by atoms with Crippen LogP contribution in [0.5, 0.6) is 0 Å². The van der Waals surface area contributed by atoms with Gasteiger partial charge in [0.2, 0.25) is 0 Å². The average molecular weight is 196 g/mol. The van der Waals surface area contributed by atoms with Gasteiger partial charge in [-0.2, -0.15) is 0 Å². The highest BCUT2D eigenvalue weighted by Crippen LogP contribution is 2.71. The van der Waals surface area contributed by atoms with Crippen LogP contribution >= 0.6 is 21.6 Å². The van der Waals surface area contributed by atoms with Crippen molar-refractivity contribution in [1.82, 2.24) is 0 Å². The minimum absolute atomic E-state index is 0.0000463. The van der Waals surface area contributed by atoms with Gasteiger partial charge in [0.1, 0.15) is 4.08 Å². The van der Waals surface area contributed by atoms with Crippen molar-refractivity contribution < 1.29 is 15.3 Å². The van der Waals surface area contributed by atoms with Crippen LogP contribution in [0.1, 0.15) is 6.92 Å². The molecule has 1 saturated heterocycles. The zero-order valence-electron chi connectivity index (χ0n) is 6.28. The summed E-state index contributed by atoms with van der Waals surface area (Å²) >= 11 is 0. The third kappa shape index (κ3) is 1.40. The van der Waals surface area contributed by atoms with E-state index in [2.05, 4.69) is 0 Å². The van der Waals surface area contributed by atoms with Crippen LogP contribution in [-0.2, 0) is 0 Å². The molecule has 3 N–H and O–H groups in total. The van der Waals surface area contributed by atoms with Gasteiger partial charge in [0.15, 0.2) is 0 Å². The van der Waals surface area contributed by atoms with Gasteiger partial charge in [-0.05, 0) is 0 Å². The smallest absolute Gasteiger partial charge is 0.114 e. The van der Waals surface area contributed by atoms with Gasteiger partial charge in [-0.3, -0.25) is 0 Å². The highest BCUT2D eigenvalue weighted by atomic mass is 33.2. The van der Waals surface area contributed by atoms with Gasteiger partial charge in [-0.25, -0.2) is 0 Å². The molecule has 1 rings (SSSR count). The van der Waals surface area contributed by atoms with Gasteiger partial charge < -0.3 is 15.3 Å². The van der Waals surface area contributed by atoms with Crippen LogP contribution in [-0.4, -0.2) is 39.2 Å². The van der Waals surface area contributed by atoms with E-state index in [0.29, 0.717) is 0 Å². The topological polar surface area (TPSA) is 60.7 Å². The zero-order chi connectivity index (χ0) is 8.54. The summed E-state index contributed by atoms with van der Waals surface area (Å²) in [6.45, 7) is 1.59. The minimum Gasteiger partial charge on any atom is -0.396 e. The Labute approximate surface area is 73.6 Å². The summed E-state index contributed by atoms with van der Waals surface area (Å²) in [5.41, 5.74) is -0.572. The average Bonchev–Trinajstić information content (AvgIpc) is 2.83. The van der Waals surface area contributed by atoms with Crippen molar-refractivity contribution in [3.8, 4) is 0 Å². The van der Waals surface area contributed by atoms with Crippen molar-refractivity contribution in [3.05, 3.63) is 0 Å². The van der Waals surface area contributed by atoms with E-state index in [-0.39, 0.29) is 23.9 Å². The molecule has 0 aromatic heterocycles. The Morgan fingerprint density at radius 1 is 1.18 bits per heavy atom. The number of hydrogen-bond donors (Lipinski definition) is 3. The lowest BCUT2D eigenvalue weighted by molar-refractivity contribution is 0.0470. The predicted molar refractivity (Wildman–Crippen MR) is 47.3 cm³/mol. The molecular weight excluding hydrogens is 184 g/mol. The number of aliphatic hydroxyl groups is 3. The van der Waals surface area contributed by atoms with Crippen molar-refractivity contribution in [2.45, 2.75) is 11.0 Å². The first kappa shape index (κ1) is 9.67. The molecule has 11 heavy (non-hydrogen) atoms. The highest BCUT2D eigenvalue weighted by Gasteiger charge is 2.59. The Morgan fingerprint density at radius 2 is 1.64 bits per heavy atom. The fourth-order valence-corrected chi connectivity index (χ4v) is 3.48. The van der Waals surface area contributed by atoms with E-state index in [1.807, 2.05) is 0 Å². The molecule has 1 fully saturated rings. The summed E-state index contributed by atoms with van der Waals surface area (Å²) < 4.78 is -0.365. The number of aliphatic hydroxyl groups excluding tert-OH is 3. The first-order valence-electron chi connectivity index (χ1n) is 3.33. The Morgan fingerprint density at radius 3 is 1.73 bits per heavy atom. The molecule has 0 saturated carbocycles. The molecule has 5 heteroatoms. The van der Waals surface area contributed by atoms with Crippen LogP contribution in [0.4, 0.5) is 0 Å². The monoisotopic (exact) mass is 196 g/mol. The molecule has 0 aromatic rings. The summed E-state index contributed by atoms with van der Waals surface area (Å²) in [4.78, 5) is 0. The van der Waals surface area contributed by atoms with Crippen LogP contribution in [0.15, 0.2) is 0 Å². The van der Waals surface area contributed by atoms with Gasteiger partial charge in [-0.15, -0.1) is 0 Å². The standard InChI is InChI=1S/C6H12O3S2/c1-5(2-7,3-8)6(4-9)10-11-6/h7-9H,2-4H2,1H3. The molecule has 0 spiro atoms. The molecule has 3 nitrogen and oxygen atoms in total. The van der Waals surface area contributed by atoms with E-state index in [9.17, 15) is 0 Å². The van der Waals surface area contributed by atoms with Crippen molar-refractivity contribution in [2.75, 3.05) is 19.8 Å². The maximum absolute atomic E-state index is 8.99. The fraction of sp³-hybridized carbons (Fsp3) is 1.00. The summed E-state index contributed by atoms with van der Waals surface area (Å²) in [6.07, 6.45) is 0. The fourth-order valence-electron chi connectivity index (χ4n) is 0.786. The maximum atomic E-state index is 8.99. The molecule has 1 aliphatic rings. The van der Waals surface area contributed by atoms with Gasteiger partial charge in [0, 0.05) is 5.41 Å². The van der Waals surface area contributed by atoms with E-state index in [1.165, 1.54) is 21.6 Å². The molecule has 0 unspecified atom stereocenters. The largest absolute Gasteiger partial charge is 0.396 e. The molecule has 0 bridgehead atoms. The Hall–Kier alpha value is 0.580. The normalized spacial score (nSPS) is 21.8. The van der Waals surface area contributed by atoms with Crippen molar-refractivity contribution >= 4 is 21.6 Å². The summed E-state index contributed by atoms with van der Waals surface area (Å²) in [5.74, 6) is 0. The Balaban J connectivity index is 2.68. The van der Waals surface area contributed by atoms with Crippen LogP contribution in [0.3, 0.4) is 0 Å². The van der Waals surface area contributed by atoms with Crippen LogP contribution in [0.25, 0.3) is 0 Å². The predicted octanol–water partition coefficient (Wildman–Crippen LogP) is 0.0609. The molecule has 66 valence electrons. The van der Waals surface area contributed by atoms with E-state index >= 15 is 0 Å². The third-order valence-electron chi connectivity index (χ3n) is 2.11. The molecule has 0 aromatic carbocycles. The van der Waals surface area contributed by atoms with Crippen molar-refractivity contribution in [3.63, 3.8) is 0 Å². The lowest BCUT2D eigenvalue weighted by atomic mass is 9.88. The zero-order valence-corrected chi connectivity index (χ0v) is 7.91. The van der Waals surface area contributed by atoms with E-state index in [1.54, 1.807) is 6.92 Å². The minimum atomic E-state index is -0.572. The van der Waals surface area contributed by atoms with Crippen molar-refractivity contribution in [1.29, 1.82) is 0 Å². The summed E-state index contributed by atoms with van der Waals surface area (Å²) in [7, 11) is 3.04. The second-order valence-corrected chi connectivity index (χ2v) is 5.94. The molecule has 0 aliphatic carbocycles. The van der Waals surface area contributed by atoms with Crippen LogP contribution in [0, 0.1) is 5.41 Å². The van der Waals surface area contributed by atoms with Gasteiger partial charge in [-0.1, -0.05) is 28.5 Å². The first-order valence-corrected chi connectivity index (χ1v) is 5.48. The molecule has 0 radical (unpaired) electrons. The molecule has 0 amide bonds. The van der Waals surface area contributed by atoms with Crippen molar-refractivity contribution in [2.24, 2.45) is 5.41 Å². The summed E-state index contributed by atoms with van der Waals surface area (Å²) in [6, 6.07) is 0. The van der Waals surface area contributed by atoms with E-state index < -0.39 is 5.41 Å². The van der Waals surface area contributed by atoms with Gasteiger partial charge in [0.05, 0.1) is 19.8 Å². The third-order valence-corrected chi connectivity index (χ3v) is 5.63. The Kier molecular flexibility index (Phi) is 2.76.